The van der Waals surface area contributed by atoms with Crippen LogP contribution in [0.25, 0.3) is 0 Å². The Morgan fingerprint density at radius 3 is 0.914 bits per heavy atom. The maximum Gasteiger partial charge on any atom is 0.397 e. The molecule has 6 nitrogen and oxygen atoms in total. The summed E-state index contributed by atoms with van der Waals surface area (Å²) in [7, 11) is -3.23. The summed E-state index contributed by atoms with van der Waals surface area (Å²) in [6.07, 6.45) is 0. The summed E-state index contributed by atoms with van der Waals surface area (Å²) in [6.45, 7) is 1.44. The Balaban J connectivity index is 1.37. The summed E-state index contributed by atoms with van der Waals surface area (Å²) in [6, 6.07) is 0. The molecule has 192 valence electrons. The van der Waals surface area contributed by atoms with Crippen LogP contribution in [0.2, 0.25) is 0 Å². The maximum absolute atomic E-state index is 6.05. The topological polar surface area (TPSA) is 55.4 Å². The van der Waals surface area contributed by atoms with Gasteiger partial charge in [0.05, 0.1) is 67.6 Å². The monoisotopic (exact) mass is 1160 g/mol. The molecule has 2 aliphatic heterocycles. The quantitative estimate of drug-likeness (QED) is 0.173. The van der Waals surface area contributed by atoms with Crippen LogP contribution < -0.4 is 9.05 Å². The third-order valence-corrected chi connectivity index (χ3v) is 18.6. The fourth-order valence-electron chi connectivity index (χ4n) is 2.67. The summed E-state index contributed by atoms with van der Waals surface area (Å²) in [5.74, 6) is 1.12. The molecule has 2 aliphatic rings. The van der Waals surface area contributed by atoms with Crippen LogP contribution in [0.15, 0.2) is 44.7 Å². The number of halogens is 10. The number of benzene rings is 2. The van der Waals surface area contributed by atoms with Crippen molar-refractivity contribution in [1.29, 1.82) is 0 Å². The number of hydrogen-bond acceptors (Lipinski definition) is 6. The molecule has 18 heteroatoms. The van der Waals surface area contributed by atoms with Crippen molar-refractivity contribution in [2.24, 2.45) is 5.41 Å². The van der Waals surface area contributed by atoms with Crippen molar-refractivity contribution in [3.05, 3.63) is 44.7 Å². The van der Waals surface area contributed by atoms with Crippen LogP contribution >= 0.6 is 177 Å². The average molecular weight is 1170 g/mol. The third-order valence-electron chi connectivity index (χ3n) is 4.58. The lowest BCUT2D eigenvalue weighted by atomic mass is 9.93. The van der Waals surface area contributed by atoms with Crippen LogP contribution in [0.3, 0.4) is 0 Å². The first kappa shape index (κ1) is 31.5. The minimum Gasteiger partial charge on any atom is -0.424 e. The van der Waals surface area contributed by atoms with Gasteiger partial charge in [0.25, 0.3) is 0 Å². The normalized spacial score (nSPS) is 24.6. The van der Waals surface area contributed by atoms with Crippen LogP contribution in [-0.2, 0) is 18.1 Å². The summed E-state index contributed by atoms with van der Waals surface area (Å²) in [5.41, 5.74) is -0.449. The van der Waals surface area contributed by atoms with Crippen molar-refractivity contribution >= 4 is 177 Å². The molecular formula is C17H8Br10O6P2. The zero-order valence-electron chi connectivity index (χ0n) is 16.5. The van der Waals surface area contributed by atoms with E-state index >= 15 is 0 Å². The van der Waals surface area contributed by atoms with Gasteiger partial charge < -0.3 is 27.1 Å². The van der Waals surface area contributed by atoms with Gasteiger partial charge in [0, 0.05) is 8.95 Å². The predicted octanol–water partition coefficient (Wildman–Crippen LogP) is 12.3. The minimum atomic E-state index is -1.62. The minimum absolute atomic E-state index is 0.360. The zero-order chi connectivity index (χ0) is 25.7. The van der Waals surface area contributed by atoms with E-state index in [1.54, 1.807) is 0 Å². The lowest BCUT2D eigenvalue weighted by molar-refractivity contribution is -0.0673. The Morgan fingerprint density at radius 2 is 0.657 bits per heavy atom. The Bertz CT molecular complexity index is 1000. The molecule has 4 rings (SSSR count). The van der Waals surface area contributed by atoms with E-state index < -0.39 is 22.6 Å². The summed E-state index contributed by atoms with van der Waals surface area (Å²) in [5, 5.41) is 0. The number of rotatable bonds is 4. The fourth-order valence-corrected chi connectivity index (χ4v) is 12.1. The van der Waals surface area contributed by atoms with Crippen molar-refractivity contribution in [2.75, 3.05) is 26.4 Å². The molecule has 2 aromatic carbocycles. The highest BCUT2D eigenvalue weighted by atomic mass is 79.9. The largest absolute Gasteiger partial charge is 0.424 e. The molecule has 0 radical (unpaired) electrons. The summed E-state index contributed by atoms with van der Waals surface area (Å²) in [4.78, 5) is 0. The van der Waals surface area contributed by atoms with E-state index in [1.807, 2.05) is 0 Å². The molecule has 0 unspecified atom stereocenters. The second-order valence-corrected chi connectivity index (χ2v) is 17.2. The van der Waals surface area contributed by atoms with Crippen LogP contribution in [-0.4, -0.2) is 26.4 Å². The van der Waals surface area contributed by atoms with Crippen LogP contribution in [0.1, 0.15) is 0 Å². The molecule has 0 N–H and O–H groups in total. The van der Waals surface area contributed by atoms with E-state index in [0.29, 0.717) is 37.9 Å². The standard InChI is InChI=1S/C17H8Br10O6P2/c18-5-7(20)11(24)15(12(25)8(5)21)32-34-28-1-17(2-29-34)3-30-35(31-4-17)33-16-13(26)9(22)6(19)10(23)14(16)27/h1-4H2. The second kappa shape index (κ2) is 13.2. The van der Waals surface area contributed by atoms with Crippen molar-refractivity contribution in [3.8, 4) is 11.5 Å². The van der Waals surface area contributed by atoms with E-state index in [9.17, 15) is 0 Å². The van der Waals surface area contributed by atoms with E-state index in [2.05, 4.69) is 159 Å². The lowest BCUT2D eigenvalue weighted by Crippen LogP contribution is -2.45. The van der Waals surface area contributed by atoms with Crippen LogP contribution in [0.4, 0.5) is 0 Å². The highest BCUT2D eigenvalue weighted by molar-refractivity contribution is 9.16. The van der Waals surface area contributed by atoms with Crippen molar-refractivity contribution in [3.63, 3.8) is 0 Å². The van der Waals surface area contributed by atoms with Crippen LogP contribution in [0, 0.1) is 5.41 Å². The van der Waals surface area contributed by atoms with Crippen LogP contribution in [0.5, 0.6) is 11.5 Å². The predicted molar refractivity (Wildman–Crippen MR) is 171 cm³/mol. The molecule has 2 aromatic rings. The van der Waals surface area contributed by atoms with Gasteiger partial charge in [0.1, 0.15) is 0 Å². The van der Waals surface area contributed by atoms with Gasteiger partial charge in [-0.2, -0.15) is 0 Å². The zero-order valence-corrected chi connectivity index (χ0v) is 34.1. The first-order chi connectivity index (χ1) is 16.5. The van der Waals surface area contributed by atoms with Crippen molar-refractivity contribution in [1.82, 2.24) is 0 Å². The molecule has 35 heavy (non-hydrogen) atoms. The van der Waals surface area contributed by atoms with Crippen molar-refractivity contribution in [2.45, 2.75) is 0 Å². The average Bonchev–Trinajstić information content (AvgIpc) is 2.87. The van der Waals surface area contributed by atoms with Crippen molar-refractivity contribution < 1.29 is 27.1 Å². The molecule has 2 fully saturated rings. The first-order valence-corrected chi connectivity index (χ1v) is 19.1. The molecule has 0 bridgehead atoms. The molecule has 0 amide bonds. The smallest absolute Gasteiger partial charge is 0.397 e. The third kappa shape index (κ3) is 6.79. The van der Waals surface area contributed by atoms with E-state index in [1.165, 1.54) is 0 Å². The van der Waals surface area contributed by atoms with Gasteiger partial charge >= 0.3 is 17.2 Å². The molecule has 1 spiro atoms. The summed E-state index contributed by atoms with van der Waals surface area (Å²) >= 11 is 35.4. The molecule has 0 aromatic heterocycles. The van der Waals surface area contributed by atoms with Gasteiger partial charge in [0.15, 0.2) is 11.5 Å². The lowest BCUT2D eigenvalue weighted by Gasteiger charge is -2.41. The Morgan fingerprint density at radius 1 is 0.429 bits per heavy atom. The first-order valence-electron chi connectivity index (χ1n) is 8.96. The van der Waals surface area contributed by atoms with Gasteiger partial charge in [0.2, 0.25) is 0 Å². The molecule has 0 saturated carbocycles. The van der Waals surface area contributed by atoms with Gasteiger partial charge in [-0.05, 0) is 159 Å². The Hall–Kier alpha value is 3.54. The SMILES string of the molecule is Brc1c(Br)c(Br)c(OP2OCC3(CO2)COP(Oc2c(Br)c(Br)c(Br)c(Br)c2Br)OC3)c(Br)c1Br. The Labute approximate surface area is 287 Å². The second-order valence-electron chi connectivity index (χ2n) is 7.02. The van der Waals surface area contributed by atoms with E-state index in [4.69, 9.17) is 27.1 Å². The summed E-state index contributed by atoms with van der Waals surface area (Å²) < 4.78 is 43.7. The molecule has 2 heterocycles. The highest BCUT2D eigenvalue weighted by Crippen LogP contribution is 2.58. The molecule has 0 atom stereocenters. The van der Waals surface area contributed by atoms with Gasteiger partial charge in [-0.1, -0.05) is 0 Å². The molecular weight excluding hydrogens is 1160 g/mol. The van der Waals surface area contributed by atoms with E-state index in [0.717, 1.165) is 44.7 Å². The highest BCUT2D eigenvalue weighted by Gasteiger charge is 2.45. The molecule has 2 saturated heterocycles. The fraction of sp³-hybridized carbons (Fsp3) is 0.294. The molecule has 0 aliphatic carbocycles. The van der Waals surface area contributed by atoms with E-state index in [-0.39, 0.29) is 0 Å². The van der Waals surface area contributed by atoms with Gasteiger partial charge in [-0.3, -0.25) is 0 Å². The maximum atomic E-state index is 6.05. The van der Waals surface area contributed by atoms with Gasteiger partial charge in [-0.15, -0.1) is 0 Å². The Kier molecular flexibility index (Phi) is 11.9. The van der Waals surface area contributed by atoms with Gasteiger partial charge in [-0.25, -0.2) is 0 Å². The number of hydrogen-bond donors (Lipinski definition) is 0.